The minimum absolute atomic E-state index is 0.0325. The van der Waals surface area contributed by atoms with Gasteiger partial charge in [-0.25, -0.2) is 4.79 Å². The first-order valence-corrected chi connectivity index (χ1v) is 10.2. The van der Waals surface area contributed by atoms with Crippen LogP contribution in [0.5, 0.6) is 0 Å². The molecule has 1 saturated heterocycles. The maximum atomic E-state index is 12.3. The SMILES string of the molecule is CCc1cc2ccc(C(CO)N3CCN(C(=O)OC(C)(C)C)CC3)cc2[nH]c1=O. The number of carbonyl (C=O) groups excluding carboxylic acids is 1. The van der Waals surface area contributed by atoms with Crippen LogP contribution in [0.15, 0.2) is 29.1 Å². The van der Waals surface area contributed by atoms with Crippen molar-refractivity contribution in [3.8, 4) is 0 Å². The van der Waals surface area contributed by atoms with E-state index < -0.39 is 5.60 Å². The van der Waals surface area contributed by atoms with Gasteiger partial charge in [-0.3, -0.25) is 9.69 Å². The summed E-state index contributed by atoms with van der Waals surface area (Å²) < 4.78 is 5.45. The summed E-state index contributed by atoms with van der Waals surface area (Å²) in [5.41, 5.74) is 1.91. The number of carbonyl (C=O) groups is 1. The fraction of sp³-hybridized carbons (Fsp3) is 0.545. The van der Waals surface area contributed by atoms with Crippen LogP contribution >= 0.6 is 0 Å². The molecule has 0 saturated carbocycles. The van der Waals surface area contributed by atoms with Crippen LogP contribution in [0, 0.1) is 0 Å². The van der Waals surface area contributed by atoms with Gasteiger partial charge in [0.05, 0.1) is 12.6 Å². The monoisotopic (exact) mass is 401 g/mol. The largest absolute Gasteiger partial charge is 0.444 e. The number of benzene rings is 1. The highest BCUT2D eigenvalue weighted by Gasteiger charge is 2.29. The predicted molar refractivity (Wildman–Crippen MR) is 113 cm³/mol. The third kappa shape index (κ3) is 4.97. The van der Waals surface area contributed by atoms with E-state index >= 15 is 0 Å². The molecule has 1 amide bonds. The summed E-state index contributed by atoms with van der Waals surface area (Å²) in [5, 5.41) is 11.0. The van der Waals surface area contributed by atoms with E-state index in [1.807, 2.05) is 52.0 Å². The summed E-state index contributed by atoms with van der Waals surface area (Å²) in [5.74, 6) is 0. The Bertz CT molecular complexity index is 924. The van der Waals surface area contributed by atoms with Gasteiger partial charge in [0.1, 0.15) is 5.60 Å². The number of rotatable bonds is 4. The summed E-state index contributed by atoms with van der Waals surface area (Å²) in [4.78, 5) is 31.2. The van der Waals surface area contributed by atoms with E-state index in [2.05, 4.69) is 9.88 Å². The van der Waals surface area contributed by atoms with Gasteiger partial charge >= 0.3 is 6.09 Å². The van der Waals surface area contributed by atoms with Crippen LogP contribution in [0.2, 0.25) is 0 Å². The number of amides is 1. The molecule has 1 aromatic heterocycles. The van der Waals surface area contributed by atoms with Crippen molar-refractivity contribution in [2.45, 2.75) is 45.8 Å². The highest BCUT2D eigenvalue weighted by atomic mass is 16.6. The molecule has 0 spiro atoms. The van der Waals surface area contributed by atoms with Gasteiger partial charge in [-0.2, -0.15) is 0 Å². The molecular formula is C22H31N3O4. The highest BCUT2D eigenvalue weighted by molar-refractivity contribution is 5.79. The van der Waals surface area contributed by atoms with Crippen LogP contribution in [-0.4, -0.2) is 64.4 Å². The molecule has 1 fully saturated rings. The molecule has 1 aromatic carbocycles. The molecule has 7 heteroatoms. The molecule has 7 nitrogen and oxygen atoms in total. The number of hydrogen-bond donors (Lipinski definition) is 2. The summed E-state index contributed by atoms with van der Waals surface area (Å²) >= 11 is 0. The van der Waals surface area contributed by atoms with Crippen molar-refractivity contribution in [2.24, 2.45) is 0 Å². The molecule has 1 unspecified atom stereocenters. The second-order valence-corrected chi connectivity index (χ2v) is 8.53. The lowest BCUT2D eigenvalue weighted by atomic mass is 10.0. The van der Waals surface area contributed by atoms with Crippen LogP contribution in [0.25, 0.3) is 10.9 Å². The van der Waals surface area contributed by atoms with Crippen molar-refractivity contribution in [1.82, 2.24) is 14.8 Å². The fourth-order valence-electron chi connectivity index (χ4n) is 3.71. The molecule has 1 aliphatic heterocycles. The zero-order chi connectivity index (χ0) is 21.2. The maximum absolute atomic E-state index is 12.3. The number of pyridine rings is 1. The number of nitrogens with zero attached hydrogens (tertiary/aromatic N) is 2. The van der Waals surface area contributed by atoms with Crippen molar-refractivity contribution in [3.05, 3.63) is 45.7 Å². The lowest BCUT2D eigenvalue weighted by molar-refractivity contribution is 0.00659. The lowest BCUT2D eigenvalue weighted by Gasteiger charge is -2.39. The van der Waals surface area contributed by atoms with Crippen LogP contribution in [-0.2, 0) is 11.2 Å². The molecule has 0 aliphatic carbocycles. The molecular weight excluding hydrogens is 370 g/mol. The number of aliphatic hydroxyl groups is 1. The minimum Gasteiger partial charge on any atom is -0.444 e. The molecule has 29 heavy (non-hydrogen) atoms. The Morgan fingerprint density at radius 3 is 2.48 bits per heavy atom. The van der Waals surface area contributed by atoms with Crippen molar-refractivity contribution < 1.29 is 14.6 Å². The first kappa shape index (κ1) is 21.3. The maximum Gasteiger partial charge on any atom is 0.410 e. The van der Waals surface area contributed by atoms with Gasteiger partial charge in [-0.15, -0.1) is 0 Å². The van der Waals surface area contributed by atoms with Gasteiger partial charge in [0.15, 0.2) is 0 Å². The summed E-state index contributed by atoms with van der Waals surface area (Å²) in [6.07, 6.45) is 0.390. The van der Waals surface area contributed by atoms with E-state index in [4.69, 9.17) is 4.74 Å². The Morgan fingerprint density at radius 1 is 1.21 bits per heavy atom. The standard InChI is InChI=1S/C22H31N3O4/c1-5-15-12-16-6-7-17(13-18(16)23-20(15)27)19(14-26)24-8-10-25(11-9-24)21(28)29-22(2,3)4/h6-7,12-13,19,26H,5,8-11,14H2,1-4H3,(H,23,27). The number of fused-ring (bicyclic) bond motifs is 1. The highest BCUT2D eigenvalue weighted by Crippen LogP contribution is 2.25. The van der Waals surface area contributed by atoms with Gasteiger partial charge in [0.25, 0.3) is 5.56 Å². The van der Waals surface area contributed by atoms with Gasteiger partial charge < -0.3 is 19.7 Å². The number of aliphatic hydroxyl groups excluding tert-OH is 1. The smallest absolute Gasteiger partial charge is 0.410 e. The zero-order valence-corrected chi connectivity index (χ0v) is 17.7. The Balaban J connectivity index is 1.73. The topological polar surface area (TPSA) is 85.9 Å². The van der Waals surface area contributed by atoms with Gasteiger partial charge in [-0.1, -0.05) is 19.1 Å². The molecule has 0 radical (unpaired) electrons. The first-order valence-electron chi connectivity index (χ1n) is 10.2. The number of ether oxygens (including phenoxy) is 1. The van der Waals surface area contributed by atoms with E-state index in [0.29, 0.717) is 32.6 Å². The van der Waals surface area contributed by atoms with Crippen LogP contribution in [0.1, 0.15) is 44.9 Å². The van der Waals surface area contributed by atoms with Crippen molar-refractivity contribution >= 4 is 17.0 Å². The van der Waals surface area contributed by atoms with E-state index in [-0.39, 0.29) is 24.3 Å². The van der Waals surface area contributed by atoms with Crippen molar-refractivity contribution in [2.75, 3.05) is 32.8 Å². The number of nitrogens with one attached hydrogen (secondary N) is 1. The van der Waals surface area contributed by atoms with E-state index in [1.165, 1.54) is 0 Å². The number of hydrogen-bond acceptors (Lipinski definition) is 5. The van der Waals surface area contributed by atoms with Gasteiger partial charge in [0, 0.05) is 37.3 Å². The van der Waals surface area contributed by atoms with Crippen molar-refractivity contribution in [3.63, 3.8) is 0 Å². The molecule has 158 valence electrons. The second kappa shape index (κ2) is 8.55. The Hall–Kier alpha value is -2.38. The van der Waals surface area contributed by atoms with Gasteiger partial charge in [0.2, 0.25) is 0 Å². The van der Waals surface area contributed by atoms with Gasteiger partial charge in [-0.05, 0) is 50.3 Å². The normalized spacial score (nSPS) is 16.8. The molecule has 3 rings (SSSR count). The molecule has 2 aromatic rings. The van der Waals surface area contributed by atoms with Crippen LogP contribution in [0.3, 0.4) is 0 Å². The summed E-state index contributed by atoms with van der Waals surface area (Å²) in [6.45, 7) is 9.90. The molecule has 2 N–H and O–H groups in total. The quantitative estimate of drug-likeness (QED) is 0.823. The Kier molecular flexibility index (Phi) is 6.29. The average molecular weight is 402 g/mol. The van der Waals surface area contributed by atoms with E-state index in [0.717, 1.165) is 22.0 Å². The Labute approximate surface area is 171 Å². The lowest BCUT2D eigenvalue weighted by Crippen LogP contribution is -2.51. The van der Waals surface area contributed by atoms with E-state index in [9.17, 15) is 14.7 Å². The first-order chi connectivity index (χ1) is 13.7. The third-order valence-corrected chi connectivity index (χ3v) is 5.29. The van der Waals surface area contributed by atoms with Crippen molar-refractivity contribution in [1.29, 1.82) is 0 Å². The second-order valence-electron chi connectivity index (χ2n) is 8.53. The molecule has 1 aliphatic rings. The summed E-state index contributed by atoms with van der Waals surface area (Å²) in [6, 6.07) is 7.66. The predicted octanol–water partition coefficient (Wildman–Crippen LogP) is 2.68. The third-order valence-electron chi connectivity index (χ3n) is 5.29. The Morgan fingerprint density at radius 2 is 1.90 bits per heavy atom. The fourth-order valence-corrected chi connectivity index (χ4v) is 3.71. The van der Waals surface area contributed by atoms with Crippen LogP contribution < -0.4 is 5.56 Å². The number of aryl methyl sites for hydroxylation is 1. The van der Waals surface area contributed by atoms with Crippen LogP contribution in [0.4, 0.5) is 4.79 Å². The number of H-pyrrole nitrogens is 1. The molecule has 2 heterocycles. The number of aromatic amines is 1. The number of aromatic nitrogens is 1. The zero-order valence-electron chi connectivity index (χ0n) is 17.7. The number of piperazine rings is 1. The minimum atomic E-state index is -0.512. The average Bonchev–Trinajstić information content (AvgIpc) is 2.67. The molecule has 0 bridgehead atoms. The molecule has 1 atom stereocenters. The summed E-state index contributed by atoms with van der Waals surface area (Å²) in [7, 11) is 0. The van der Waals surface area contributed by atoms with E-state index in [1.54, 1.807) is 4.90 Å².